The van der Waals surface area contributed by atoms with Gasteiger partial charge in [-0.05, 0) is 75.8 Å². The van der Waals surface area contributed by atoms with E-state index in [0.717, 1.165) is 56.7 Å². The highest BCUT2D eigenvalue weighted by atomic mass is 19.1. The minimum atomic E-state index is -1.15. The molecule has 0 aliphatic carbocycles. The molecule has 3 N–H and O–H groups in total. The van der Waals surface area contributed by atoms with Crippen LogP contribution in [0.5, 0.6) is 0 Å². The Hall–Kier alpha value is -3.04. The van der Waals surface area contributed by atoms with Crippen molar-refractivity contribution in [3.63, 3.8) is 0 Å². The average Bonchev–Trinajstić information content (AvgIpc) is 2.88. The van der Waals surface area contributed by atoms with Gasteiger partial charge in [0.15, 0.2) is 0 Å². The van der Waals surface area contributed by atoms with E-state index in [1.54, 1.807) is 7.11 Å². The van der Waals surface area contributed by atoms with Gasteiger partial charge in [-0.15, -0.1) is 0 Å². The smallest absolute Gasteiger partial charge is 0.326 e. The van der Waals surface area contributed by atoms with Crippen LogP contribution in [0.15, 0.2) is 36.4 Å². The number of anilines is 1. The van der Waals surface area contributed by atoms with E-state index in [1.165, 1.54) is 29.8 Å². The number of amides is 1. The van der Waals surface area contributed by atoms with E-state index in [1.807, 2.05) is 6.92 Å². The van der Waals surface area contributed by atoms with Gasteiger partial charge in [0.2, 0.25) is 0 Å². The van der Waals surface area contributed by atoms with Gasteiger partial charge in [-0.25, -0.2) is 14.2 Å². The van der Waals surface area contributed by atoms with Crippen LogP contribution in [0, 0.1) is 5.82 Å². The number of hydrogen-bond donors (Lipinski definition) is 3. The van der Waals surface area contributed by atoms with Crippen LogP contribution in [-0.2, 0) is 22.4 Å². The Bertz CT molecular complexity index is 1020. The molecule has 36 heavy (non-hydrogen) atoms. The molecule has 9 heteroatoms. The summed E-state index contributed by atoms with van der Waals surface area (Å²) in [5, 5.41) is 15.5. The Balaban J connectivity index is 1.51. The summed E-state index contributed by atoms with van der Waals surface area (Å²) in [5.74, 6) is -1.55. The number of ether oxygens (including phenoxy) is 1. The fourth-order valence-corrected chi connectivity index (χ4v) is 4.33. The number of aryl methyl sites for hydroxylation is 2. The average molecular weight is 501 g/mol. The maximum Gasteiger partial charge on any atom is 0.326 e. The van der Waals surface area contributed by atoms with Crippen LogP contribution in [0.1, 0.15) is 54.2 Å². The number of carboxylic acids is 1. The molecular formula is C27H37FN4O4. The number of aliphatic carboxylic acids is 1. The Labute approximate surface area is 212 Å². The van der Waals surface area contributed by atoms with E-state index in [9.17, 15) is 19.1 Å². The zero-order chi connectivity index (χ0) is 25.9. The molecule has 1 aromatic heterocycles. The maximum absolute atomic E-state index is 13.9. The van der Waals surface area contributed by atoms with Gasteiger partial charge in [0.25, 0.3) is 5.91 Å². The van der Waals surface area contributed by atoms with Gasteiger partial charge in [0.05, 0.1) is 11.7 Å². The fraction of sp³-hybridized carbons (Fsp3) is 0.519. The monoisotopic (exact) mass is 500 g/mol. The van der Waals surface area contributed by atoms with Crippen LogP contribution >= 0.6 is 0 Å². The molecule has 2 heterocycles. The highest BCUT2D eigenvalue weighted by molar-refractivity contribution is 5.96. The number of halogens is 1. The Morgan fingerprint density at radius 3 is 2.78 bits per heavy atom. The van der Waals surface area contributed by atoms with Crippen molar-refractivity contribution in [3.05, 3.63) is 59.0 Å². The predicted molar refractivity (Wildman–Crippen MR) is 137 cm³/mol. The third kappa shape index (κ3) is 8.27. The van der Waals surface area contributed by atoms with Crippen molar-refractivity contribution < 1.29 is 23.8 Å². The van der Waals surface area contributed by atoms with Crippen LogP contribution in [0.3, 0.4) is 0 Å². The minimum Gasteiger partial charge on any atom is -0.480 e. The summed E-state index contributed by atoms with van der Waals surface area (Å²) in [5.41, 5.74) is 2.18. The molecule has 0 saturated heterocycles. The highest BCUT2D eigenvalue weighted by Crippen LogP contribution is 2.20. The van der Waals surface area contributed by atoms with Crippen molar-refractivity contribution in [2.45, 2.75) is 57.6 Å². The van der Waals surface area contributed by atoms with Crippen LogP contribution < -0.4 is 10.6 Å². The van der Waals surface area contributed by atoms with E-state index in [-0.39, 0.29) is 18.1 Å². The number of nitrogens with zero attached hydrogens (tertiary/aromatic N) is 2. The predicted octanol–water partition coefficient (Wildman–Crippen LogP) is 3.51. The van der Waals surface area contributed by atoms with Crippen LogP contribution in [-0.4, -0.2) is 72.3 Å². The first kappa shape index (κ1) is 27.5. The molecular weight excluding hydrogens is 463 g/mol. The lowest BCUT2D eigenvalue weighted by atomic mass is 10.1. The van der Waals surface area contributed by atoms with Gasteiger partial charge >= 0.3 is 5.97 Å². The summed E-state index contributed by atoms with van der Waals surface area (Å²) in [6.45, 7) is 4.80. The zero-order valence-electron chi connectivity index (χ0n) is 21.1. The number of carbonyl (C=O) groups is 2. The van der Waals surface area contributed by atoms with Crippen molar-refractivity contribution in [1.29, 1.82) is 0 Å². The van der Waals surface area contributed by atoms with Crippen molar-refractivity contribution in [1.82, 2.24) is 15.2 Å². The van der Waals surface area contributed by atoms with Crippen LogP contribution in [0.2, 0.25) is 0 Å². The molecule has 0 spiro atoms. The largest absolute Gasteiger partial charge is 0.480 e. The molecule has 8 nitrogen and oxygen atoms in total. The van der Waals surface area contributed by atoms with Crippen molar-refractivity contribution in [2.75, 3.05) is 38.6 Å². The molecule has 2 atom stereocenters. The number of pyridine rings is 1. The Kier molecular flexibility index (Phi) is 10.6. The van der Waals surface area contributed by atoms with E-state index in [0.29, 0.717) is 13.1 Å². The number of benzene rings is 1. The van der Waals surface area contributed by atoms with Crippen molar-refractivity contribution >= 4 is 17.7 Å². The number of methoxy groups -OCH3 is 1. The first-order chi connectivity index (χ1) is 17.4. The summed E-state index contributed by atoms with van der Waals surface area (Å²) >= 11 is 0. The lowest BCUT2D eigenvalue weighted by Gasteiger charge is -2.26. The third-order valence-corrected chi connectivity index (χ3v) is 6.48. The number of carboxylic acid groups (broad SMARTS) is 1. The summed E-state index contributed by atoms with van der Waals surface area (Å²) in [6, 6.07) is 8.68. The normalized spacial score (nSPS) is 14.6. The summed E-state index contributed by atoms with van der Waals surface area (Å²) < 4.78 is 19.3. The van der Waals surface area contributed by atoms with Gasteiger partial charge in [-0.1, -0.05) is 18.2 Å². The molecule has 2 unspecified atom stereocenters. The van der Waals surface area contributed by atoms with Crippen LogP contribution in [0.4, 0.5) is 10.2 Å². The number of unbranched alkanes of at least 4 members (excludes halogenated alkanes) is 1. The lowest BCUT2D eigenvalue weighted by molar-refractivity contribution is -0.139. The second-order valence-electron chi connectivity index (χ2n) is 9.28. The molecule has 0 radical (unpaired) electrons. The van der Waals surface area contributed by atoms with Crippen molar-refractivity contribution in [3.8, 4) is 0 Å². The summed E-state index contributed by atoms with van der Waals surface area (Å²) in [6.07, 6.45) is 5.13. The van der Waals surface area contributed by atoms with Gasteiger partial charge < -0.3 is 25.4 Å². The number of hydrogen-bond acceptors (Lipinski definition) is 6. The van der Waals surface area contributed by atoms with Crippen molar-refractivity contribution in [2.24, 2.45) is 0 Å². The molecule has 0 saturated carbocycles. The topological polar surface area (TPSA) is 104 Å². The van der Waals surface area contributed by atoms with E-state index in [2.05, 4.69) is 27.7 Å². The third-order valence-electron chi connectivity index (χ3n) is 6.48. The van der Waals surface area contributed by atoms with Gasteiger partial charge in [-0.3, -0.25) is 4.79 Å². The first-order valence-corrected chi connectivity index (χ1v) is 12.6. The Morgan fingerprint density at radius 2 is 2.03 bits per heavy atom. The molecule has 1 aliphatic rings. The second-order valence-corrected chi connectivity index (χ2v) is 9.28. The minimum absolute atomic E-state index is 0.0188. The number of fused-ring (bicyclic) bond motifs is 1. The van der Waals surface area contributed by atoms with Gasteiger partial charge in [0, 0.05) is 32.4 Å². The molecule has 1 amide bonds. The standard InChI is InChI=1S/C27H37FN4O4/c1-19(36-2)18-32(16-6-5-9-21-13-12-20-8-7-15-29-25(20)30-21)17-14-24(27(34)35)31-26(33)22-10-3-4-11-23(22)28/h3-4,10-13,19,24H,5-9,14-18H2,1-2H3,(H,29,30)(H,31,33)(H,34,35). The zero-order valence-corrected chi connectivity index (χ0v) is 21.1. The first-order valence-electron chi connectivity index (χ1n) is 12.6. The van der Waals surface area contributed by atoms with Crippen LogP contribution in [0.25, 0.3) is 0 Å². The molecule has 1 aliphatic heterocycles. The maximum atomic E-state index is 13.9. The molecule has 2 aromatic rings. The molecule has 1 aromatic carbocycles. The van der Waals surface area contributed by atoms with Gasteiger partial charge in [0.1, 0.15) is 17.7 Å². The van der Waals surface area contributed by atoms with Gasteiger partial charge in [-0.2, -0.15) is 0 Å². The molecule has 0 fully saturated rings. The second kappa shape index (κ2) is 13.9. The molecule has 0 bridgehead atoms. The van der Waals surface area contributed by atoms with E-state index in [4.69, 9.17) is 9.72 Å². The molecule has 196 valence electrons. The van der Waals surface area contributed by atoms with E-state index >= 15 is 0 Å². The highest BCUT2D eigenvalue weighted by Gasteiger charge is 2.23. The lowest BCUT2D eigenvalue weighted by Crippen LogP contribution is -2.44. The Morgan fingerprint density at radius 1 is 1.22 bits per heavy atom. The summed E-state index contributed by atoms with van der Waals surface area (Å²) in [4.78, 5) is 31.1. The number of rotatable bonds is 14. The number of carbonyl (C=O) groups excluding carboxylic acids is 1. The van der Waals surface area contributed by atoms with E-state index < -0.39 is 23.7 Å². The molecule has 3 rings (SSSR count). The fourth-order valence-electron chi connectivity index (χ4n) is 4.33. The quantitative estimate of drug-likeness (QED) is 0.341. The summed E-state index contributed by atoms with van der Waals surface area (Å²) in [7, 11) is 1.65. The SMILES string of the molecule is COC(C)CN(CCCCc1ccc2c(n1)NCCC2)CCC(NC(=O)c1ccccc1F)C(=O)O. The number of aromatic nitrogens is 1. The number of nitrogens with one attached hydrogen (secondary N) is 2.